The van der Waals surface area contributed by atoms with Crippen LogP contribution in [0.25, 0.3) is 0 Å². The van der Waals surface area contributed by atoms with Gasteiger partial charge in [-0.3, -0.25) is 4.79 Å². The Bertz CT molecular complexity index is 545. The quantitative estimate of drug-likeness (QED) is 0.660. The molecule has 0 aliphatic rings. The van der Waals surface area contributed by atoms with Gasteiger partial charge in [-0.2, -0.15) is 0 Å². The largest absolute Gasteiger partial charge is 0.481 e. The summed E-state index contributed by atoms with van der Waals surface area (Å²) in [6.07, 6.45) is 3.10. The molecule has 1 aromatic carbocycles. The fourth-order valence-electron chi connectivity index (χ4n) is 1.70. The fourth-order valence-corrected chi connectivity index (χ4v) is 3.78. The molecule has 0 spiro atoms. The number of hydrogen-bond donors (Lipinski definition) is 2. The minimum atomic E-state index is -3.49. The summed E-state index contributed by atoms with van der Waals surface area (Å²) in [5, 5.41) is 8.48. The van der Waals surface area contributed by atoms with E-state index in [1.54, 1.807) is 24.3 Å². The maximum atomic E-state index is 12.0. The van der Waals surface area contributed by atoms with Gasteiger partial charge >= 0.3 is 5.97 Å². The molecule has 1 rings (SSSR count). The maximum Gasteiger partial charge on any atom is 0.303 e. The molecule has 5 nitrogen and oxygen atoms in total. The zero-order valence-electron chi connectivity index (χ0n) is 11.0. The molecular weight excluding hydrogens is 346 g/mol. The van der Waals surface area contributed by atoms with Gasteiger partial charge in [0.25, 0.3) is 0 Å². The molecule has 0 atom stereocenters. The van der Waals surface area contributed by atoms with Gasteiger partial charge in [-0.15, -0.1) is 0 Å². The first-order valence-electron chi connectivity index (χ1n) is 6.39. The maximum absolute atomic E-state index is 12.0. The Kier molecular flexibility index (Phi) is 7.18. The van der Waals surface area contributed by atoms with Crippen LogP contribution in [0.3, 0.4) is 0 Å². The standard InChI is InChI=1S/C13H18BrNO4S/c14-11-7-4-5-8-12(11)20(18,19)15-10-6-2-1-3-9-13(16)17/h4-5,7-8,15H,1-3,6,9-10H2,(H,16,17). The molecule has 20 heavy (non-hydrogen) atoms. The van der Waals surface area contributed by atoms with Crippen molar-refractivity contribution >= 4 is 31.9 Å². The molecule has 0 unspecified atom stereocenters. The highest BCUT2D eigenvalue weighted by Gasteiger charge is 2.15. The van der Waals surface area contributed by atoms with Crippen LogP contribution in [0.4, 0.5) is 0 Å². The van der Waals surface area contributed by atoms with Gasteiger partial charge in [0.1, 0.15) is 0 Å². The van der Waals surface area contributed by atoms with Crippen LogP contribution in [-0.2, 0) is 14.8 Å². The van der Waals surface area contributed by atoms with Crippen LogP contribution in [0.1, 0.15) is 32.1 Å². The summed E-state index contributed by atoms with van der Waals surface area (Å²) >= 11 is 3.21. The molecule has 0 fully saturated rings. The molecule has 112 valence electrons. The molecule has 0 saturated carbocycles. The number of rotatable bonds is 9. The van der Waals surface area contributed by atoms with Gasteiger partial charge in [0.05, 0.1) is 4.90 Å². The minimum Gasteiger partial charge on any atom is -0.481 e. The molecule has 0 bridgehead atoms. The van der Waals surface area contributed by atoms with E-state index in [-0.39, 0.29) is 11.3 Å². The zero-order valence-corrected chi connectivity index (χ0v) is 13.4. The van der Waals surface area contributed by atoms with Crippen LogP contribution in [0, 0.1) is 0 Å². The van der Waals surface area contributed by atoms with Gasteiger partial charge in [0, 0.05) is 17.4 Å². The summed E-state index contributed by atoms with van der Waals surface area (Å²) < 4.78 is 27.1. The smallest absolute Gasteiger partial charge is 0.303 e. The third kappa shape index (κ3) is 6.02. The van der Waals surface area contributed by atoms with Crippen molar-refractivity contribution in [3.8, 4) is 0 Å². The second-order valence-electron chi connectivity index (χ2n) is 4.39. The number of carboxylic acid groups (broad SMARTS) is 1. The first-order valence-corrected chi connectivity index (χ1v) is 8.67. The van der Waals surface area contributed by atoms with Crippen molar-refractivity contribution < 1.29 is 18.3 Å². The third-order valence-corrected chi connectivity index (χ3v) is 5.21. The number of unbranched alkanes of at least 4 members (excludes halogenated alkanes) is 3. The molecule has 0 aliphatic carbocycles. The van der Waals surface area contributed by atoms with E-state index in [1.165, 1.54) is 0 Å². The number of hydrogen-bond acceptors (Lipinski definition) is 3. The molecule has 0 aliphatic heterocycles. The lowest BCUT2D eigenvalue weighted by atomic mass is 10.1. The van der Waals surface area contributed by atoms with Gasteiger partial charge < -0.3 is 5.11 Å². The number of halogens is 1. The van der Waals surface area contributed by atoms with Crippen molar-refractivity contribution in [1.29, 1.82) is 0 Å². The van der Waals surface area contributed by atoms with Crippen LogP contribution < -0.4 is 4.72 Å². The van der Waals surface area contributed by atoms with Crippen molar-refractivity contribution in [2.24, 2.45) is 0 Å². The number of nitrogens with one attached hydrogen (secondary N) is 1. The van der Waals surface area contributed by atoms with E-state index in [1.807, 2.05) is 0 Å². The van der Waals surface area contributed by atoms with Crippen LogP contribution in [0.2, 0.25) is 0 Å². The number of benzene rings is 1. The van der Waals surface area contributed by atoms with E-state index >= 15 is 0 Å². The summed E-state index contributed by atoms with van der Waals surface area (Å²) in [7, 11) is -3.49. The first kappa shape index (κ1) is 17.1. The Morgan fingerprint density at radius 2 is 1.80 bits per heavy atom. The molecule has 0 aromatic heterocycles. The highest BCUT2D eigenvalue weighted by atomic mass is 79.9. The van der Waals surface area contributed by atoms with Crippen molar-refractivity contribution in [1.82, 2.24) is 4.72 Å². The van der Waals surface area contributed by atoms with E-state index < -0.39 is 16.0 Å². The summed E-state index contributed by atoms with van der Waals surface area (Å²) in [5.41, 5.74) is 0. The van der Waals surface area contributed by atoms with Crippen molar-refractivity contribution in [2.75, 3.05) is 6.54 Å². The number of carboxylic acids is 1. The predicted octanol–water partition coefficient (Wildman–Crippen LogP) is 2.76. The summed E-state index contributed by atoms with van der Waals surface area (Å²) in [5.74, 6) is -0.792. The average Bonchev–Trinajstić information content (AvgIpc) is 2.37. The van der Waals surface area contributed by atoms with Crippen molar-refractivity contribution in [2.45, 2.75) is 37.0 Å². The molecule has 1 aromatic rings. The SMILES string of the molecule is O=C(O)CCCCCCNS(=O)(=O)c1ccccc1Br. The van der Waals surface area contributed by atoms with Crippen molar-refractivity contribution in [3.05, 3.63) is 28.7 Å². The fraction of sp³-hybridized carbons (Fsp3) is 0.462. The number of aliphatic carboxylic acids is 1. The average molecular weight is 364 g/mol. The third-order valence-electron chi connectivity index (χ3n) is 2.74. The lowest BCUT2D eigenvalue weighted by Crippen LogP contribution is -2.25. The van der Waals surface area contributed by atoms with Gasteiger partial charge in [0.2, 0.25) is 10.0 Å². The summed E-state index contributed by atoms with van der Waals surface area (Å²) in [6.45, 7) is 0.358. The minimum absolute atomic E-state index is 0.169. The second kappa shape index (κ2) is 8.39. The van der Waals surface area contributed by atoms with E-state index in [9.17, 15) is 13.2 Å². The number of sulfonamides is 1. The van der Waals surface area contributed by atoms with Crippen LogP contribution in [0.5, 0.6) is 0 Å². The Morgan fingerprint density at radius 1 is 1.15 bits per heavy atom. The molecule has 0 radical (unpaired) electrons. The molecule has 2 N–H and O–H groups in total. The van der Waals surface area contributed by atoms with Gasteiger partial charge in [-0.25, -0.2) is 13.1 Å². The lowest BCUT2D eigenvalue weighted by Gasteiger charge is -2.08. The van der Waals surface area contributed by atoms with Gasteiger partial charge in [-0.05, 0) is 40.9 Å². The monoisotopic (exact) mass is 363 g/mol. The molecule has 0 heterocycles. The summed E-state index contributed by atoms with van der Waals surface area (Å²) in [4.78, 5) is 10.5. The normalized spacial score (nSPS) is 11.4. The lowest BCUT2D eigenvalue weighted by molar-refractivity contribution is -0.137. The highest BCUT2D eigenvalue weighted by Crippen LogP contribution is 2.20. The van der Waals surface area contributed by atoms with Gasteiger partial charge in [-0.1, -0.05) is 25.0 Å². The highest BCUT2D eigenvalue weighted by molar-refractivity contribution is 9.10. The van der Waals surface area contributed by atoms with E-state index in [2.05, 4.69) is 20.7 Å². The van der Waals surface area contributed by atoms with Gasteiger partial charge in [0.15, 0.2) is 0 Å². The predicted molar refractivity (Wildman–Crippen MR) is 80.1 cm³/mol. The van der Waals surface area contributed by atoms with Crippen LogP contribution in [-0.4, -0.2) is 26.0 Å². The molecule has 0 saturated heterocycles. The Morgan fingerprint density at radius 3 is 2.45 bits per heavy atom. The van der Waals surface area contributed by atoms with E-state index in [4.69, 9.17) is 5.11 Å². The molecular formula is C13H18BrNO4S. The van der Waals surface area contributed by atoms with Crippen LogP contribution in [0.15, 0.2) is 33.6 Å². The topological polar surface area (TPSA) is 83.5 Å². The molecule has 0 amide bonds. The number of carbonyl (C=O) groups is 1. The molecule has 7 heteroatoms. The Hall–Kier alpha value is -0.920. The van der Waals surface area contributed by atoms with Crippen LogP contribution >= 0.6 is 15.9 Å². The first-order chi connectivity index (χ1) is 9.43. The Labute approximate surface area is 127 Å². The van der Waals surface area contributed by atoms with E-state index in [0.717, 1.165) is 12.8 Å². The zero-order chi connectivity index (χ0) is 15.0. The van der Waals surface area contributed by atoms with E-state index in [0.29, 0.717) is 23.9 Å². The van der Waals surface area contributed by atoms with Crippen molar-refractivity contribution in [3.63, 3.8) is 0 Å². The second-order valence-corrected chi connectivity index (χ2v) is 6.98. The summed E-state index contributed by atoms with van der Waals surface area (Å²) in [6, 6.07) is 6.65. The Balaban J connectivity index is 2.31.